The standard InChI is InChI=1S/C18H24N2O8/c1-11(21)25-6-8-27-15(17(19)23)13-4-3-5-14(10-13)16(18(20)24)28-9-7-26-12(2)22/h3-5,10,15-16H,6-9H2,1-2H3,(H2,19,23)(H2,20,24). The fourth-order valence-electron chi connectivity index (χ4n) is 2.27. The van der Waals surface area contributed by atoms with E-state index in [-0.39, 0.29) is 26.4 Å². The first-order valence-electron chi connectivity index (χ1n) is 8.40. The molecule has 4 N–H and O–H groups in total. The van der Waals surface area contributed by atoms with Crippen molar-refractivity contribution in [3.63, 3.8) is 0 Å². The Morgan fingerprint density at radius 3 is 1.50 bits per heavy atom. The Balaban J connectivity index is 2.86. The highest BCUT2D eigenvalue weighted by Gasteiger charge is 2.23. The van der Waals surface area contributed by atoms with Crippen LogP contribution in [0.2, 0.25) is 0 Å². The minimum Gasteiger partial charge on any atom is -0.463 e. The Labute approximate surface area is 162 Å². The van der Waals surface area contributed by atoms with E-state index >= 15 is 0 Å². The number of hydrogen-bond acceptors (Lipinski definition) is 8. The smallest absolute Gasteiger partial charge is 0.302 e. The number of rotatable bonds is 12. The maximum atomic E-state index is 11.7. The van der Waals surface area contributed by atoms with Crippen LogP contribution in [0.25, 0.3) is 0 Å². The monoisotopic (exact) mass is 396 g/mol. The molecule has 2 unspecified atom stereocenters. The summed E-state index contributed by atoms with van der Waals surface area (Å²) in [6.45, 7) is 2.33. The summed E-state index contributed by atoms with van der Waals surface area (Å²) >= 11 is 0. The molecule has 0 aliphatic heterocycles. The molecule has 2 atom stereocenters. The summed E-state index contributed by atoms with van der Waals surface area (Å²) in [4.78, 5) is 45.0. The summed E-state index contributed by atoms with van der Waals surface area (Å²) < 4.78 is 20.3. The van der Waals surface area contributed by atoms with Gasteiger partial charge in [0.25, 0.3) is 11.8 Å². The van der Waals surface area contributed by atoms with Gasteiger partial charge in [0.2, 0.25) is 0 Å². The maximum absolute atomic E-state index is 11.7. The first-order valence-corrected chi connectivity index (χ1v) is 8.40. The van der Waals surface area contributed by atoms with Gasteiger partial charge in [-0.15, -0.1) is 0 Å². The molecule has 0 aliphatic rings. The van der Waals surface area contributed by atoms with Crippen molar-refractivity contribution in [3.05, 3.63) is 35.4 Å². The Kier molecular flexibility index (Phi) is 9.61. The van der Waals surface area contributed by atoms with E-state index < -0.39 is 36.0 Å². The predicted molar refractivity (Wildman–Crippen MR) is 95.5 cm³/mol. The molecular formula is C18H24N2O8. The van der Waals surface area contributed by atoms with Gasteiger partial charge >= 0.3 is 11.9 Å². The zero-order valence-corrected chi connectivity index (χ0v) is 15.7. The molecule has 0 aliphatic carbocycles. The van der Waals surface area contributed by atoms with Crippen LogP contribution in [-0.4, -0.2) is 50.2 Å². The minimum atomic E-state index is -1.12. The van der Waals surface area contributed by atoms with Crippen molar-refractivity contribution in [2.75, 3.05) is 26.4 Å². The number of ether oxygens (including phenoxy) is 4. The van der Waals surface area contributed by atoms with Crippen LogP contribution < -0.4 is 11.5 Å². The summed E-state index contributed by atoms with van der Waals surface area (Å²) in [6.07, 6.45) is -2.24. The molecule has 2 amide bonds. The third-order valence-corrected chi connectivity index (χ3v) is 3.38. The summed E-state index contributed by atoms with van der Waals surface area (Å²) in [5, 5.41) is 0. The van der Waals surface area contributed by atoms with Crippen molar-refractivity contribution in [3.8, 4) is 0 Å². The topological polar surface area (TPSA) is 157 Å². The molecule has 0 spiro atoms. The SMILES string of the molecule is CC(=O)OCCOC(C(N)=O)c1cccc(C(OCCOC(C)=O)C(N)=O)c1. The lowest BCUT2D eigenvalue weighted by Crippen LogP contribution is -2.27. The molecule has 0 heterocycles. The van der Waals surface area contributed by atoms with Gasteiger partial charge in [-0.2, -0.15) is 0 Å². The summed E-state index contributed by atoms with van der Waals surface area (Å²) in [5.41, 5.74) is 11.5. The number of nitrogens with two attached hydrogens (primary N) is 2. The zero-order valence-electron chi connectivity index (χ0n) is 15.7. The fraction of sp³-hybridized carbons (Fsp3) is 0.444. The van der Waals surface area contributed by atoms with Gasteiger partial charge < -0.3 is 30.4 Å². The van der Waals surface area contributed by atoms with Gasteiger partial charge in [-0.25, -0.2) is 0 Å². The normalized spacial score (nSPS) is 12.6. The first-order chi connectivity index (χ1) is 13.2. The van der Waals surface area contributed by atoms with Crippen LogP contribution in [-0.2, 0) is 38.1 Å². The van der Waals surface area contributed by atoms with Crippen LogP contribution in [0.15, 0.2) is 24.3 Å². The van der Waals surface area contributed by atoms with Crippen LogP contribution in [0.4, 0.5) is 0 Å². The van der Waals surface area contributed by atoms with Gasteiger partial charge in [0.05, 0.1) is 13.2 Å². The van der Waals surface area contributed by atoms with E-state index in [1.165, 1.54) is 19.9 Å². The summed E-state index contributed by atoms with van der Waals surface area (Å²) in [5.74, 6) is -2.47. The molecule has 28 heavy (non-hydrogen) atoms. The predicted octanol–water partition coefficient (Wildman–Crippen LogP) is -0.101. The lowest BCUT2D eigenvalue weighted by Gasteiger charge is -2.19. The van der Waals surface area contributed by atoms with Crippen molar-refractivity contribution in [2.24, 2.45) is 11.5 Å². The highest BCUT2D eigenvalue weighted by Crippen LogP contribution is 2.23. The lowest BCUT2D eigenvalue weighted by molar-refractivity contribution is -0.145. The third-order valence-electron chi connectivity index (χ3n) is 3.38. The molecule has 1 aromatic carbocycles. The molecule has 0 bridgehead atoms. The van der Waals surface area contributed by atoms with Crippen molar-refractivity contribution in [2.45, 2.75) is 26.1 Å². The second-order valence-electron chi connectivity index (χ2n) is 5.66. The van der Waals surface area contributed by atoms with Gasteiger partial charge in [0, 0.05) is 13.8 Å². The van der Waals surface area contributed by atoms with Crippen LogP contribution in [0, 0.1) is 0 Å². The van der Waals surface area contributed by atoms with Crippen LogP contribution in [0.1, 0.15) is 37.2 Å². The van der Waals surface area contributed by atoms with Crippen LogP contribution >= 0.6 is 0 Å². The Morgan fingerprint density at radius 1 is 0.786 bits per heavy atom. The number of carbonyl (C=O) groups excluding carboxylic acids is 4. The molecule has 1 rings (SSSR count). The molecule has 10 nitrogen and oxygen atoms in total. The second kappa shape index (κ2) is 11.7. The van der Waals surface area contributed by atoms with Crippen molar-refractivity contribution >= 4 is 23.8 Å². The molecule has 0 radical (unpaired) electrons. The highest BCUT2D eigenvalue weighted by molar-refractivity contribution is 5.82. The van der Waals surface area contributed by atoms with E-state index in [0.717, 1.165) is 0 Å². The Bertz CT molecular complexity index is 651. The van der Waals surface area contributed by atoms with Gasteiger partial charge in [0.15, 0.2) is 12.2 Å². The number of esters is 2. The van der Waals surface area contributed by atoms with Gasteiger partial charge in [0.1, 0.15) is 13.2 Å². The number of hydrogen-bond donors (Lipinski definition) is 2. The molecular weight excluding hydrogens is 372 g/mol. The van der Waals surface area contributed by atoms with Gasteiger partial charge in [-0.3, -0.25) is 19.2 Å². The molecule has 1 aromatic rings. The van der Waals surface area contributed by atoms with Gasteiger partial charge in [-0.1, -0.05) is 18.2 Å². The van der Waals surface area contributed by atoms with Crippen LogP contribution in [0.3, 0.4) is 0 Å². The van der Waals surface area contributed by atoms with Gasteiger partial charge in [-0.05, 0) is 17.2 Å². The van der Waals surface area contributed by atoms with Crippen molar-refractivity contribution in [1.29, 1.82) is 0 Å². The number of benzene rings is 1. The number of amides is 2. The summed E-state index contributed by atoms with van der Waals surface area (Å²) in [7, 11) is 0. The van der Waals surface area contributed by atoms with Crippen molar-refractivity contribution in [1.82, 2.24) is 0 Å². The lowest BCUT2D eigenvalue weighted by atomic mass is 10.0. The molecule has 0 aromatic heterocycles. The third kappa shape index (κ3) is 8.14. The Morgan fingerprint density at radius 2 is 1.18 bits per heavy atom. The highest BCUT2D eigenvalue weighted by atomic mass is 16.6. The zero-order chi connectivity index (χ0) is 21.1. The van der Waals surface area contributed by atoms with E-state index in [0.29, 0.717) is 11.1 Å². The van der Waals surface area contributed by atoms with E-state index in [1.807, 2.05) is 0 Å². The molecule has 0 fully saturated rings. The van der Waals surface area contributed by atoms with E-state index in [1.54, 1.807) is 18.2 Å². The molecule has 10 heteroatoms. The van der Waals surface area contributed by atoms with E-state index in [4.69, 9.17) is 30.4 Å². The summed E-state index contributed by atoms with van der Waals surface area (Å²) in [6, 6.07) is 6.26. The van der Waals surface area contributed by atoms with Crippen LogP contribution in [0.5, 0.6) is 0 Å². The quantitative estimate of drug-likeness (QED) is 0.366. The first kappa shape index (κ1) is 23.1. The number of carbonyl (C=O) groups is 4. The second-order valence-corrected chi connectivity index (χ2v) is 5.66. The Hall–Kier alpha value is -2.98. The molecule has 0 saturated carbocycles. The largest absolute Gasteiger partial charge is 0.463 e. The van der Waals surface area contributed by atoms with E-state index in [9.17, 15) is 19.2 Å². The molecule has 0 saturated heterocycles. The maximum Gasteiger partial charge on any atom is 0.302 e. The average molecular weight is 396 g/mol. The number of primary amides is 2. The van der Waals surface area contributed by atoms with Crippen molar-refractivity contribution < 1.29 is 38.1 Å². The minimum absolute atomic E-state index is 0.0397. The molecule has 154 valence electrons. The van der Waals surface area contributed by atoms with E-state index in [2.05, 4.69) is 0 Å². The average Bonchev–Trinajstić information content (AvgIpc) is 2.60. The fourth-order valence-corrected chi connectivity index (χ4v) is 2.27.